The maximum atomic E-state index is 12.1. The van der Waals surface area contributed by atoms with Crippen LogP contribution in [0, 0.1) is 5.92 Å². The number of carbonyl (C=O) groups is 1. The molecule has 1 saturated heterocycles. The molecule has 1 fully saturated rings. The lowest BCUT2D eigenvalue weighted by Crippen LogP contribution is -2.40. The molecule has 1 amide bonds. The molecule has 0 spiro atoms. The Bertz CT molecular complexity index is 598. The van der Waals surface area contributed by atoms with Crippen LogP contribution in [0.15, 0.2) is 29.3 Å². The van der Waals surface area contributed by atoms with Gasteiger partial charge in [-0.3, -0.25) is 9.79 Å². The van der Waals surface area contributed by atoms with E-state index in [1.807, 2.05) is 0 Å². The van der Waals surface area contributed by atoms with E-state index in [0.717, 1.165) is 57.4 Å². The number of nitrogens with one attached hydrogen (secondary N) is 2. The van der Waals surface area contributed by atoms with Gasteiger partial charge in [-0.15, -0.1) is 0 Å². The molecule has 150 valence electrons. The molecule has 1 aliphatic rings. The lowest BCUT2D eigenvalue weighted by atomic mass is 9.96. The van der Waals surface area contributed by atoms with Crippen LogP contribution in [0.3, 0.4) is 0 Å². The minimum absolute atomic E-state index is 0.148. The van der Waals surface area contributed by atoms with Gasteiger partial charge in [0.05, 0.1) is 6.54 Å². The average Bonchev–Trinajstić information content (AvgIpc) is 2.69. The summed E-state index contributed by atoms with van der Waals surface area (Å²) in [6, 6.07) is 6.21. The van der Waals surface area contributed by atoms with Crippen molar-refractivity contribution < 1.29 is 14.6 Å². The molecule has 27 heavy (non-hydrogen) atoms. The number of aromatic hydroxyl groups is 1. The molecule has 7 nitrogen and oxygen atoms in total. The number of hydrogen-bond acceptors (Lipinski definition) is 4. The van der Waals surface area contributed by atoms with Crippen LogP contribution in [0.4, 0.5) is 0 Å². The van der Waals surface area contributed by atoms with E-state index in [9.17, 15) is 9.90 Å². The van der Waals surface area contributed by atoms with Crippen LogP contribution in [0.5, 0.6) is 5.75 Å². The predicted octanol–water partition coefficient (Wildman–Crippen LogP) is 1.84. The second kappa shape index (κ2) is 11.4. The normalized spacial score (nSPS) is 15.4. The number of rotatable bonds is 8. The SMILES string of the molecule is CCNC(=NCCNC(=O)c1ccc(O)cc1)N(C)CCC1CCOCC1. The predicted molar refractivity (Wildman–Crippen MR) is 107 cm³/mol. The number of aliphatic imine (C=N–C) groups is 1. The Morgan fingerprint density at radius 1 is 1.26 bits per heavy atom. The van der Waals surface area contributed by atoms with Crippen molar-refractivity contribution in [2.24, 2.45) is 10.9 Å². The first kappa shape index (κ1) is 21.0. The molecule has 1 aromatic rings. The standard InChI is InChI=1S/C20H32N4O3/c1-3-21-20(24(2)13-8-16-9-14-27-15-10-16)23-12-11-22-19(26)17-4-6-18(25)7-5-17/h4-7,16,25H,3,8-15H2,1-2H3,(H,21,23)(H,22,26). The molecule has 3 N–H and O–H groups in total. The number of phenols is 1. The molecule has 0 atom stereocenters. The van der Waals surface area contributed by atoms with E-state index in [2.05, 4.69) is 34.5 Å². The minimum atomic E-state index is -0.164. The summed E-state index contributed by atoms with van der Waals surface area (Å²) in [4.78, 5) is 18.8. The van der Waals surface area contributed by atoms with Gasteiger partial charge in [0.25, 0.3) is 5.91 Å². The fraction of sp³-hybridized carbons (Fsp3) is 0.600. The summed E-state index contributed by atoms with van der Waals surface area (Å²) < 4.78 is 5.42. The quantitative estimate of drug-likeness (QED) is 0.366. The Morgan fingerprint density at radius 3 is 2.63 bits per heavy atom. The molecule has 1 heterocycles. The summed E-state index contributed by atoms with van der Waals surface area (Å²) in [6.07, 6.45) is 3.43. The van der Waals surface area contributed by atoms with Crippen LogP contribution >= 0.6 is 0 Å². The topological polar surface area (TPSA) is 86.2 Å². The average molecular weight is 377 g/mol. The van der Waals surface area contributed by atoms with Gasteiger partial charge < -0.3 is 25.4 Å². The number of carbonyl (C=O) groups excluding carboxylic acids is 1. The van der Waals surface area contributed by atoms with E-state index >= 15 is 0 Å². The molecule has 0 saturated carbocycles. The van der Waals surface area contributed by atoms with Gasteiger partial charge in [0.15, 0.2) is 5.96 Å². The maximum Gasteiger partial charge on any atom is 0.251 e. The van der Waals surface area contributed by atoms with Crippen molar-refractivity contribution in [3.05, 3.63) is 29.8 Å². The first-order chi connectivity index (χ1) is 13.1. The van der Waals surface area contributed by atoms with Crippen LogP contribution in [0.25, 0.3) is 0 Å². The molecular formula is C20H32N4O3. The Morgan fingerprint density at radius 2 is 1.96 bits per heavy atom. The molecule has 1 aromatic carbocycles. The van der Waals surface area contributed by atoms with Crippen molar-refractivity contribution >= 4 is 11.9 Å². The van der Waals surface area contributed by atoms with E-state index in [0.29, 0.717) is 18.7 Å². The molecule has 0 unspecified atom stereocenters. The second-order valence-electron chi connectivity index (χ2n) is 6.80. The van der Waals surface area contributed by atoms with Gasteiger partial charge in [-0.25, -0.2) is 0 Å². The molecule has 7 heteroatoms. The van der Waals surface area contributed by atoms with Crippen LogP contribution in [-0.2, 0) is 4.74 Å². The van der Waals surface area contributed by atoms with Crippen molar-refractivity contribution in [3.63, 3.8) is 0 Å². The minimum Gasteiger partial charge on any atom is -0.508 e. The number of phenolic OH excluding ortho intramolecular Hbond substituents is 1. The maximum absolute atomic E-state index is 12.1. The lowest BCUT2D eigenvalue weighted by molar-refractivity contribution is 0.0625. The summed E-state index contributed by atoms with van der Waals surface area (Å²) in [6.45, 7) is 6.54. The van der Waals surface area contributed by atoms with E-state index in [1.165, 1.54) is 12.1 Å². The summed E-state index contributed by atoms with van der Waals surface area (Å²) >= 11 is 0. The highest BCUT2D eigenvalue weighted by Gasteiger charge is 2.15. The van der Waals surface area contributed by atoms with Gasteiger partial charge in [0.1, 0.15) is 5.75 Å². The van der Waals surface area contributed by atoms with E-state index in [4.69, 9.17) is 4.74 Å². The Hall–Kier alpha value is -2.28. The largest absolute Gasteiger partial charge is 0.508 e. The molecule has 0 aliphatic carbocycles. The highest BCUT2D eigenvalue weighted by molar-refractivity contribution is 5.94. The third-order valence-corrected chi connectivity index (χ3v) is 4.70. The summed E-state index contributed by atoms with van der Waals surface area (Å²) in [7, 11) is 2.05. The zero-order chi connectivity index (χ0) is 19.5. The first-order valence-electron chi connectivity index (χ1n) is 9.74. The number of nitrogens with zero attached hydrogens (tertiary/aromatic N) is 2. The van der Waals surface area contributed by atoms with Crippen molar-refractivity contribution in [1.82, 2.24) is 15.5 Å². The fourth-order valence-electron chi connectivity index (χ4n) is 3.03. The number of guanidine groups is 1. The molecular weight excluding hydrogens is 344 g/mol. The van der Waals surface area contributed by atoms with Crippen molar-refractivity contribution in [3.8, 4) is 5.75 Å². The lowest BCUT2D eigenvalue weighted by Gasteiger charge is -2.26. The number of hydrogen-bond donors (Lipinski definition) is 3. The summed E-state index contributed by atoms with van der Waals surface area (Å²) in [5.74, 6) is 1.58. The van der Waals surface area contributed by atoms with Gasteiger partial charge in [0, 0.05) is 45.5 Å². The van der Waals surface area contributed by atoms with Crippen LogP contribution in [-0.4, -0.2) is 68.3 Å². The highest BCUT2D eigenvalue weighted by Crippen LogP contribution is 2.18. The fourth-order valence-corrected chi connectivity index (χ4v) is 3.03. The molecule has 0 radical (unpaired) electrons. The van der Waals surface area contributed by atoms with Crippen LogP contribution in [0.2, 0.25) is 0 Å². The number of benzene rings is 1. The van der Waals surface area contributed by atoms with Crippen molar-refractivity contribution in [2.75, 3.05) is 46.4 Å². The smallest absolute Gasteiger partial charge is 0.251 e. The van der Waals surface area contributed by atoms with Crippen LogP contribution < -0.4 is 10.6 Å². The second-order valence-corrected chi connectivity index (χ2v) is 6.80. The Labute approximate surface area is 161 Å². The van der Waals surface area contributed by atoms with Gasteiger partial charge >= 0.3 is 0 Å². The van der Waals surface area contributed by atoms with Gasteiger partial charge in [-0.1, -0.05) is 0 Å². The monoisotopic (exact) mass is 376 g/mol. The van der Waals surface area contributed by atoms with Gasteiger partial charge in [-0.05, 0) is 56.4 Å². The van der Waals surface area contributed by atoms with Crippen molar-refractivity contribution in [1.29, 1.82) is 0 Å². The van der Waals surface area contributed by atoms with E-state index in [-0.39, 0.29) is 11.7 Å². The zero-order valence-electron chi connectivity index (χ0n) is 16.4. The zero-order valence-corrected chi connectivity index (χ0v) is 16.4. The van der Waals surface area contributed by atoms with E-state index in [1.54, 1.807) is 12.1 Å². The number of amides is 1. The Kier molecular flexibility index (Phi) is 8.91. The number of ether oxygens (including phenoxy) is 1. The first-order valence-corrected chi connectivity index (χ1v) is 9.74. The van der Waals surface area contributed by atoms with Crippen molar-refractivity contribution in [2.45, 2.75) is 26.2 Å². The molecule has 1 aliphatic heterocycles. The van der Waals surface area contributed by atoms with Gasteiger partial charge in [-0.2, -0.15) is 0 Å². The van der Waals surface area contributed by atoms with Gasteiger partial charge in [0.2, 0.25) is 0 Å². The summed E-state index contributed by atoms with van der Waals surface area (Å²) in [5.41, 5.74) is 0.525. The van der Waals surface area contributed by atoms with E-state index < -0.39 is 0 Å². The molecule has 0 aromatic heterocycles. The van der Waals surface area contributed by atoms with Crippen LogP contribution in [0.1, 0.15) is 36.5 Å². The highest BCUT2D eigenvalue weighted by atomic mass is 16.5. The molecule has 2 rings (SSSR count). The summed E-state index contributed by atoms with van der Waals surface area (Å²) in [5, 5.41) is 15.4. The third-order valence-electron chi connectivity index (χ3n) is 4.70. The Balaban J connectivity index is 1.75. The third kappa shape index (κ3) is 7.46. The molecule has 0 bridgehead atoms.